The van der Waals surface area contributed by atoms with Crippen molar-refractivity contribution in [1.29, 1.82) is 0 Å². The Morgan fingerprint density at radius 2 is 1.81 bits per heavy atom. The second kappa shape index (κ2) is 4.73. The molecule has 0 unspecified atom stereocenters. The van der Waals surface area contributed by atoms with Gasteiger partial charge in [0.25, 0.3) is 0 Å². The number of carbonyl (C=O) groups excluding carboxylic acids is 1. The zero-order valence-electron chi connectivity index (χ0n) is 13.5. The first-order valence-electron chi connectivity index (χ1n) is 9.12. The van der Waals surface area contributed by atoms with Gasteiger partial charge in [-0.3, -0.25) is 4.79 Å². The molecular weight excluding hydrogens is 280 g/mol. The van der Waals surface area contributed by atoms with Crippen molar-refractivity contribution in [3.63, 3.8) is 0 Å². The minimum atomic E-state index is 0.0358. The third kappa shape index (κ3) is 1.92. The highest BCUT2D eigenvalue weighted by atomic mass is 35.5. The van der Waals surface area contributed by atoms with Crippen molar-refractivity contribution in [1.82, 2.24) is 0 Å². The first kappa shape index (κ1) is 14.5. The van der Waals surface area contributed by atoms with Crippen LogP contribution in [0, 0.1) is 34.5 Å². The van der Waals surface area contributed by atoms with Crippen molar-refractivity contribution < 1.29 is 4.79 Å². The molecule has 0 N–H and O–H groups in total. The zero-order chi connectivity index (χ0) is 14.8. The lowest BCUT2D eigenvalue weighted by molar-refractivity contribution is -0.138. The summed E-state index contributed by atoms with van der Waals surface area (Å²) in [5, 5.41) is 0.418. The molecule has 4 aliphatic carbocycles. The Morgan fingerprint density at radius 3 is 2.62 bits per heavy atom. The number of Topliss-reactive ketones (excluding diaryl/α,β-unsaturated/α-hetero) is 1. The molecule has 4 saturated carbocycles. The largest absolute Gasteiger partial charge is 0.299 e. The molecule has 21 heavy (non-hydrogen) atoms. The van der Waals surface area contributed by atoms with Crippen LogP contribution in [-0.2, 0) is 4.79 Å². The minimum absolute atomic E-state index is 0.0358. The van der Waals surface area contributed by atoms with Crippen LogP contribution in [0.1, 0.15) is 71.6 Å². The van der Waals surface area contributed by atoms with E-state index >= 15 is 0 Å². The third-order valence-corrected chi connectivity index (χ3v) is 8.71. The summed E-state index contributed by atoms with van der Waals surface area (Å²) in [5.74, 6) is 3.79. The quantitative estimate of drug-likeness (QED) is 0.562. The molecule has 0 amide bonds. The van der Waals surface area contributed by atoms with Crippen molar-refractivity contribution in [3.05, 3.63) is 0 Å². The Bertz CT molecular complexity index is 460. The number of rotatable bonds is 0. The molecule has 0 radical (unpaired) electrons. The molecule has 2 heteroatoms. The van der Waals surface area contributed by atoms with E-state index in [4.69, 9.17) is 11.6 Å². The first-order chi connectivity index (χ1) is 9.95. The van der Waals surface area contributed by atoms with Crippen molar-refractivity contribution in [2.24, 2.45) is 34.5 Å². The second-order valence-corrected chi connectivity index (χ2v) is 9.56. The van der Waals surface area contributed by atoms with Crippen molar-refractivity contribution in [2.75, 3.05) is 0 Å². The maximum atomic E-state index is 12.4. The number of hydrogen-bond donors (Lipinski definition) is 0. The first-order valence-corrected chi connectivity index (χ1v) is 9.56. The van der Waals surface area contributed by atoms with Gasteiger partial charge in [-0.2, -0.15) is 0 Å². The predicted molar refractivity (Wildman–Crippen MR) is 86.4 cm³/mol. The van der Waals surface area contributed by atoms with Crippen LogP contribution in [0.4, 0.5) is 0 Å². The molecule has 0 spiro atoms. The molecule has 4 fully saturated rings. The van der Waals surface area contributed by atoms with E-state index in [2.05, 4.69) is 13.8 Å². The van der Waals surface area contributed by atoms with Gasteiger partial charge in [0.05, 0.1) is 0 Å². The van der Waals surface area contributed by atoms with Crippen molar-refractivity contribution >= 4 is 17.4 Å². The molecule has 4 rings (SSSR count). The number of alkyl halides is 1. The minimum Gasteiger partial charge on any atom is -0.299 e. The summed E-state index contributed by atoms with van der Waals surface area (Å²) in [7, 11) is 0. The SMILES string of the molecule is C[C@]12CC[C@@H](Cl)C[C@@H]1CC[C@@H]1[C@@H]2CC[C@]2(C)C(=O)CC[C@@H]12. The van der Waals surface area contributed by atoms with Crippen LogP contribution in [0.25, 0.3) is 0 Å². The summed E-state index contributed by atoms with van der Waals surface area (Å²) in [6.07, 6.45) is 11.0. The van der Waals surface area contributed by atoms with Crippen LogP contribution in [0.5, 0.6) is 0 Å². The monoisotopic (exact) mass is 308 g/mol. The third-order valence-electron chi connectivity index (χ3n) is 8.31. The highest BCUT2D eigenvalue weighted by molar-refractivity contribution is 6.20. The number of hydrogen-bond acceptors (Lipinski definition) is 1. The Kier molecular flexibility index (Phi) is 3.27. The molecule has 0 aromatic heterocycles. The molecule has 0 bridgehead atoms. The summed E-state index contributed by atoms with van der Waals surface area (Å²) in [6.45, 7) is 4.85. The molecule has 0 aliphatic heterocycles. The van der Waals surface area contributed by atoms with E-state index in [1.807, 2.05) is 0 Å². The Hall–Kier alpha value is -0.0400. The summed E-state index contributed by atoms with van der Waals surface area (Å²) >= 11 is 6.46. The Balaban J connectivity index is 1.64. The molecule has 118 valence electrons. The number of carbonyl (C=O) groups is 1. The standard InChI is InChI=1S/C19H29ClO/c1-18-9-7-13(20)11-12(18)3-4-14-15-5-6-17(21)19(15,2)10-8-16(14)18/h12-16H,3-11H2,1-2H3/t12-,13+,14-,15-,16-,18-,19-/m0/s1. The maximum Gasteiger partial charge on any atom is 0.139 e. The lowest BCUT2D eigenvalue weighted by atomic mass is 9.45. The maximum absolute atomic E-state index is 12.4. The van der Waals surface area contributed by atoms with E-state index in [0.29, 0.717) is 22.5 Å². The number of halogens is 1. The van der Waals surface area contributed by atoms with E-state index < -0.39 is 0 Å². The predicted octanol–water partition coefficient (Wildman–Crippen LogP) is 5.21. The van der Waals surface area contributed by atoms with Gasteiger partial charge in [0, 0.05) is 17.2 Å². The average Bonchev–Trinajstić information content (AvgIpc) is 2.76. The Morgan fingerprint density at radius 1 is 1.00 bits per heavy atom. The van der Waals surface area contributed by atoms with Gasteiger partial charge in [0.15, 0.2) is 0 Å². The van der Waals surface area contributed by atoms with Crippen LogP contribution >= 0.6 is 11.6 Å². The van der Waals surface area contributed by atoms with E-state index in [1.165, 1.54) is 44.9 Å². The van der Waals surface area contributed by atoms with Gasteiger partial charge < -0.3 is 0 Å². The van der Waals surface area contributed by atoms with Gasteiger partial charge in [-0.1, -0.05) is 13.8 Å². The zero-order valence-corrected chi connectivity index (χ0v) is 14.3. The van der Waals surface area contributed by atoms with Gasteiger partial charge in [-0.15, -0.1) is 11.6 Å². The van der Waals surface area contributed by atoms with Crippen molar-refractivity contribution in [3.8, 4) is 0 Å². The van der Waals surface area contributed by atoms with Gasteiger partial charge in [-0.05, 0) is 80.5 Å². The van der Waals surface area contributed by atoms with Crippen LogP contribution in [0.3, 0.4) is 0 Å². The fraction of sp³-hybridized carbons (Fsp3) is 0.947. The summed E-state index contributed by atoms with van der Waals surface area (Å²) in [6, 6.07) is 0. The second-order valence-electron chi connectivity index (χ2n) is 8.95. The molecule has 7 atom stereocenters. The number of ketones is 1. The van der Waals surface area contributed by atoms with E-state index in [0.717, 1.165) is 30.6 Å². The fourth-order valence-corrected chi connectivity index (χ4v) is 7.30. The topological polar surface area (TPSA) is 17.1 Å². The van der Waals surface area contributed by atoms with E-state index in [1.54, 1.807) is 0 Å². The summed E-state index contributed by atoms with van der Waals surface area (Å²) in [5.41, 5.74) is 0.551. The molecule has 4 aliphatic rings. The molecule has 0 saturated heterocycles. The van der Waals surface area contributed by atoms with Gasteiger partial charge in [0.1, 0.15) is 5.78 Å². The van der Waals surface area contributed by atoms with Crippen molar-refractivity contribution in [2.45, 2.75) is 77.0 Å². The van der Waals surface area contributed by atoms with Crippen LogP contribution < -0.4 is 0 Å². The van der Waals surface area contributed by atoms with Gasteiger partial charge in [0.2, 0.25) is 0 Å². The highest BCUT2D eigenvalue weighted by Gasteiger charge is 2.60. The van der Waals surface area contributed by atoms with Crippen LogP contribution in [0.15, 0.2) is 0 Å². The lowest BCUT2D eigenvalue weighted by Crippen LogP contribution is -2.53. The van der Waals surface area contributed by atoms with Crippen LogP contribution in [-0.4, -0.2) is 11.2 Å². The van der Waals surface area contributed by atoms with E-state index in [-0.39, 0.29) is 5.41 Å². The Labute approximate surface area is 134 Å². The highest BCUT2D eigenvalue weighted by Crippen LogP contribution is 2.65. The van der Waals surface area contributed by atoms with Crippen LogP contribution in [0.2, 0.25) is 0 Å². The fourth-order valence-electron chi connectivity index (χ4n) is 6.98. The number of fused-ring (bicyclic) bond motifs is 5. The molecule has 1 nitrogen and oxygen atoms in total. The molecule has 0 aromatic rings. The normalized spacial score (nSPS) is 56.5. The van der Waals surface area contributed by atoms with Gasteiger partial charge in [-0.25, -0.2) is 0 Å². The smallest absolute Gasteiger partial charge is 0.139 e. The summed E-state index contributed by atoms with van der Waals surface area (Å²) in [4.78, 5) is 12.4. The van der Waals surface area contributed by atoms with Gasteiger partial charge >= 0.3 is 0 Å². The molecule has 0 aromatic carbocycles. The molecule has 0 heterocycles. The lowest BCUT2D eigenvalue weighted by Gasteiger charge is -2.60. The molecular formula is C19H29ClO. The van der Waals surface area contributed by atoms with E-state index in [9.17, 15) is 4.79 Å². The average molecular weight is 309 g/mol. The summed E-state index contributed by atoms with van der Waals surface area (Å²) < 4.78 is 0.